The third kappa shape index (κ3) is 2.94. The predicted octanol–water partition coefficient (Wildman–Crippen LogP) is 1.07. The Morgan fingerprint density at radius 2 is 2.06 bits per heavy atom. The van der Waals surface area contributed by atoms with Gasteiger partial charge in [0, 0.05) is 32.8 Å². The van der Waals surface area contributed by atoms with Crippen LogP contribution in [0.25, 0.3) is 0 Å². The van der Waals surface area contributed by atoms with E-state index in [0.29, 0.717) is 6.42 Å². The molecule has 0 radical (unpaired) electrons. The summed E-state index contributed by atoms with van der Waals surface area (Å²) in [5.74, 6) is 0. The third-order valence-electron chi connectivity index (χ3n) is 2.87. The molecule has 2 rings (SSSR count). The average molecular weight is 246 g/mol. The molecule has 0 spiro atoms. The van der Waals surface area contributed by atoms with Gasteiger partial charge in [-0.15, -0.1) is 5.10 Å². The minimum Gasteiger partial charge on any atom is -0.375 e. The van der Waals surface area contributed by atoms with Gasteiger partial charge in [0.15, 0.2) is 0 Å². The van der Waals surface area contributed by atoms with Crippen molar-refractivity contribution in [1.82, 2.24) is 15.0 Å². The van der Waals surface area contributed by atoms with Crippen LogP contribution in [0.4, 0.5) is 0 Å². The Bertz CT molecular complexity index is 483. The topological polar surface area (TPSA) is 66.0 Å². The highest BCUT2D eigenvalue weighted by atomic mass is 16.5. The Morgan fingerprint density at radius 3 is 2.61 bits per heavy atom. The fourth-order valence-corrected chi connectivity index (χ4v) is 2.04. The van der Waals surface area contributed by atoms with Crippen LogP contribution in [0.15, 0.2) is 36.5 Å². The maximum Gasteiger partial charge on any atom is 0.0975 e. The van der Waals surface area contributed by atoms with Crippen LogP contribution in [-0.4, -0.2) is 28.1 Å². The zero-order valence-electron chi connectivity index (χ0n) is 10.7. The molecule has 96 valence electrons. The zero-order chi connectivity index (χ0) is 13.0. The lowest BCUT2D eigenvalue weighted by Gasteiger charge is -2.22. The van der Waals surface area contributed by atoms with E-state index in [1.165, 1.54) is 0 Å². The number of rotatable bonds is 5. The average Bonchev–Trinajstić information content (AvgIpc) is 2.77. The van der Waals surface area contributed by atoms with E-state index < -0.39 is 0 Å². The highest BCUT2D eigenvalue weighted by Crippen LogP contribution is 2.20. The smallest absolute Gasteiger partial charge is 0.0975 e. The lowest BCUT2D eigenvalue weighted by Crippen LogP contribution is -2.32. The zero-order valence-corrected chi connectivity index (χ0v) is 10.7. The van der Waals surface area contributed by atoms with Gasteiger partial charge in [-0.3, -0.25) is 4.68 Å². The van der Waals surface area contributed by atoms with Gasteiger partial charge in [-0.1, -0.05) is 35.5 Å². The van der Waals surface area contributed by atoms with Crippen LogP contribution in [0.3, 0.4) is 0 Å². The molecule has 0 bridgehead atoms. The highest BCUT2D eigenvalue weighted by molar-refractivity contribution is 5.19. The number of ether oxygens (including phenoxy) is 1. The summed E-state index contributed by atoms with van der Waals surface area (Å²) in [6, 6.07) is 9.83. The summed E-state index contributed by atoms with van der Waals surface area (Å²) in [7, 11) is 3.52. The molecule has 0 aliphatic carbocycles. The molecule has 2 unspecified atom stereocenters. The van der Waals surface area contributed by atoms with Crippen molar-refractivity contribution in [2.24, 2.45) is 12.8 Å². The van der Waals surface area contributed by atoms with E-state index in [4.69, 9.17) is 10.5 Å². The Hall–Kier alpha value is -1.72. The Labute approximate surface area is 107 Å². The van der Waals surface area contributed by atoms with Crippen LogP contribution in [0.2, 0.25) is 0 Å². The molecule has 0 aliphatic rings. The molecule has 1 aromatic carbocycles. The first-order valence-electron chi connectivity index (χ1n) is 5.89. The van der Waals surface area contributed by atoms with Gasteiger partial charge in [-0.2, -0.15) is 0 Å². The van der Waals surface area contributed by atoms with E-state index in [2.05, 4.69) is 10.3 Å². The normalized spacial score (nSPS) is 14.4. The third-order valence-corrected chi connectivity index (χ3v) is 2.87. The van der Waals surface area contributed by atoms with E-state index in [1.54, 1.807) is 11.8 Å². The van der Waals surface area contributed by atoms with Crippen LogP contribution in [-0.2, 0) is 18.2 Å². The first-order valence-corrected chi connectivity index (χ1v) is 5.89. The number of hydrogen-bond acceptors (Lipinski definition) is 4. The SMILES string of the molecule is COC(c1ccccc1)C(N)Cc1cn(C)nn1. The van der Waals surface area contributed by atoms with Gasteiger partial charge >= 0.3 is 0 Å². The number of hydrogen-bond donors (Lipinski definition) is 1. The summed E-state index contributed by atoms with van der Waals surface area (Å²) in [5.41, 5.74) is 8.16. The Morgan fingerprint density at radius 1 is 1.33 bits per heavy atom. The van der Waals surface area contributed by atoms with E-state index in [1.807, 2.05) is 43.6 Å². The molecule has 2 aromatic rings. The fraction of sp³-hybridized carbons (Fsp3) is 0.385. The molecule has 2 N–H and O–H groups in total. The number of nitrogens with two attached hydrogens (primary N) is 1. The Kier molecular flexibility index (Phi) is 4.07. The Balaban J connectivity index is 2.08. The molecule has 0 saturated heterocycles. The second kappa shape index (κ2) is 5.75. The molecule has 1 heterocycles. The lowest BCUT2D eigenvalue weighted by atomic mass is 9.99. The van der Waals surface area contributed by atoms with Gasteiger partial charge in [0.25, 0.3) is 0 Å². The highest BCUT2D eigenvalue weighted by Gasteiger charge is 2.20. The first kappa shape index (κ1) is 12.7. The summed E-state index contributed by atoms with van der Waals surface area (Å²) >= 11 is 0. The van der Waals surface area contributed by atoms with E-state index in [9.17, 15) is 0 Å². The molecule has 5 nitrogen and oxygen atoms in total. The van der Waals surface area contributed by atoms with Gasteiger partial charge in [-0.25, -0.2) is 0 Å². The summed E-state index contributed by atoms with van der Waals surface area (Å²) in [5, 5.41) is 7.94. The monoisotopic (exact) mass is 246 g/mol. The van der Waals surface area contributed by atoms with Gasteiger partial charge in [0.1, 0.15) is 0 Å². The maximum atomic E-state index is 6.20. The molecule has 2 atom stereocenters. The quantitative estimate of drug-likeness (QED) is 0.857. The molecule has 0 amide bonds. The van der Waals surface area contributed by atoms with Crippen LogP contribution in [0.5, 0.6) is 0 Å². The van der Waals surface area contributed by atoms with Crippen molar-refractivity contribution in [3.8, 4) is 0 Å². The lowest BCUT2D eigenvalue weighted by molar-refractivity contribution is 0.0800. The van der Waals surface area contributed by atoms with Crippen LogP contribution in [0, 0.1) is 0 Å². The number of aromatic nitrogens is 3. The van der Waals surface area contributed by atoms with Crippen LogP contribution < -0.4 is 5.73 Å². The second-order valence-electron chi connectivity index (χ2n) is 4.32. The molecule has 1 aromatic heterocycles. The number of methoxy groups -OCH3 is 1. The molecule has 0 saturated carbocycles. The van der Waals surface area contributed by atoms with Gasteiger partial charge in [-0.05, 0) is 5.56 Å². The van der Waals surface area contributed by atoms with Gasteiger partial charge in [0.05, 0.1) is 11.8 Å². The maximum absolute atomic E-state index is 6.20. The number of aryl methyl sites for hydroxylation is 1. The van der Waals surface area contributed by atoms with Crippen molar-refractivity contribution < 1.29 is 4.74 Å². The minimum absolute atomic E-state index is 0.131. The van der Waals surface area contributed by atoms with Crippen molar-refractivity contribution >= 4 is 0 Å². The van der Waals surface area contributed by atoms with Crippen LogP contribution in [0.1, 0.15) is 17.4 Å². The molecular weight excluding hydrogens is 228 g/mol. The molecule has 0 fully saturated rings. The van der Waals surface area contributed by atoms with Gasteiger partial charge < -0.3 is 10.5 Å². The summed E-state index contributed by atoms with van der Waals surface area (Å²) in [4.78, 5) is 0. The van der Waals surface area contributed by atoms with Crippen molar-refractivity contribution in [2.75, 3.05) is 7.11 Å². The predicted molar refractivity (Wildman–Crippen MR) is 68.9 cm³/mol. The summed E-state index contributed by atoms with van der Waals surface area (Å²) in [6.45, 7) is 0. The van der Waals surface area contributed by atoms with Crippen molar-refractivity contribution in [2.45, 2.75) is 18.6 Å². The summed E-state index contributed by atoms with van der Waals surface area (Å²) < 4.78 is 7.17. The largest absolute Gasteiger partial charge is 0.375 e. The summed E-state index contributed by atoms with van der Waals surface area (Å²) in [6.07, 6.45) is 2.38. The number of benzene rings is 1. The van der Waals surface area contributed by atoms with Crippen molar-refractivity contribution in [3.63, 3.8) is 0 Å². The standard InChI is InChI=1S/C13H18N4O/c1-17-9-11(15-16-17)8-12(14)13(18-2)10-6-4-3-5-7-10/h3-7,9,12-13H,8,14H2,1-2H3. The first-order chi connectivity index (χ1) is 8.70. The molecule has 18 heavy (non-hydrogen) atoms. The second-order valence-corrected chi connectivity index (χ2v) is 4.32. The molecule has 0 aliphatic heterocycles. The fourth-order valence-electron chi connectivity index (χ4n) is 2.04. The van der Waals surface area contributed by atoms with E-state index in [0.717, 1.165) is 11.3 Å². The van der Waals surface area contributed by atoms with Crippen LogP contribution >= 0.6 is 0 Å². The molecule has 5 heteroatoms. The van der Waals surface area contributed by atoms with Crippen molar-refractivity contribution in [1.29, 1.82) is 0 Å². The minimum atomic E-state index is -0.144. The van der Waals surface area contributed by atoms with E-state index >= 15 is 0 Å². The van der Waals surface area contributed by atoms with E-state index in [-0.39, 0.29) is 12.1 Å². The van der Waals surface area contributed by atoms with Crippen molar-refractivity contribution in [3.05, 3.63) is 47.8 Å². The molecular formula is C13H18N4O. The van der Waals surface area contributed by atoms with Gasteiger partial charge in [0.2, 0.25) is 0 Å². The number of nitrogens with zero attached hydrogens (tertiary/aromatic N) is 3.